The number of methoxy groups -OCH3 is 1. The second-order valence-corrected chi connectivity index (χ2v) is 15.9. The number of nitrogens with zero attached hydrogens (tertiary/aromatic N) is 3. The van der Waals surface area contributed by atoms with Gasteiger partial charge in [0.15, 0.2) is 5.79 Å². The van der Waals surface area contributed by atoms with Gasteiger partial charge in [0.2, 0.25) is 11.8 Å². The number of rotatable bonds is 12. The zero-order valence-corrected chi connectivity index (χ0v) is 32.9. The lowest BCUT2D eigenvalue weighted by Crippen LogP contribution is -2.51. The van der Waals surface area contributed by atoms with Crippen LogP contribution in [-0.2, 0) is 28.6 Å². The van der Waals surface area contributed by atoms with Crippen molar-refractivity contribution in [3.63, 3.8) is 0 Å². The van der Waals surface area contributed by atoms with Crippen LogP contribution in [0.3, 0.4) is 0 Å². The maximum atomic E-state index is 13.5. The Kier molecular flexibility index (Phi) is 11.5. The molecule has 3 amide bonds. The first-order chi connectivity index (χ1) is 27.4. The number of ether oxygens (including phenoxy) is 3. The Morgan fingerprint density at radius 1 is 0.807 bits per heavy atom. The molecule has 7 rings (SSSR count). The summed E-state index contributed by atoms with van der Waals surface area (Å²) >= 11 is 0. The van der Waals surface area contributed by atoms with Crippen LogP contribution < -0.4 is 10.6 Å². The van der Waals surface area contributed by atoms with Gasteiger partial charge >= 0.3 is 12.1 Å². The highest BCUT2D eigenvalue weighted by Crippen LogP contribution is 2.49. The van der Waals surface area contributed by atoms with E-state index in [1.54, 1.807) is 31.1 Å². The van der Waals surface area contributed by atoms with Crippen LogP contribution in [0.25, 0.3) is 33.6 Å². The first kappa shape index (κ1) is 39.7. The van der Waals surface area contributed by atoms with Gasteiger partial charge in [-0.2, -0.15) is 0 Å². The average Bonchev–Trinajstić information content (AvgIpc) is 4.06. The number of carboxylic acid groups (broad SMARTS) is 1. The summed E-state index contributed by atoms with van der Waals surface area (Å²) in [6.07, 6.45) is 5.27. The molecule has 15 heteroatoms. The van der Waals surface area contributed by atoms with Crippen LogP contribution in [-0.4, -0.2) is 98.6 Å². The van der Waals surface area contributed by atoms with E-state index in [-0.39, 0.29) is 35.6 Å². The lowest BCUT2D eigenvalue weighted by atomic mass is 9.93. The Morgan fingerprint density at radius 3 is 1.89 bits per heavy atom. The molecule has 0 unspecified atom stereocenters. The molecule has 3 aliphatic rings. The third kappa shape index (κ3) is 8.30. The Hall–Kier alpha value is -5.54. The van der Waals surface area contributed by atoms with Crippen molar-refractivity contribution in [3.05, 3.63) is 72.6 Å². The first-order valence-corrected chi connectivity index (χ1v) is 19.6. The standard InChI is InChI=1S/C42H51N7O8/c1-23(2)34(48-41(54)55-5)39(51)49-16-6-7-33(49)37-44-22-32(46-37)28-14-10-26(11-15-28)25-8-12-27(13-9-25)31-21-43-36(45-31)29-19-42(56-17-18-57-42)20-30(29)38(50)47-35(24(3)4)40(52)53/h8-15,21-24,29-30,33-35H,6-7,16-20H2,1-5H3,(H,43,45)(H,44,46)(H,47,50)(H,48,54)(H,52,53)/t29-,30+,33+,34+,35+/m1/s1. The van der Waals surface area contributed by atoms with Gasteiger partial charge in [-0.05, 0) is 46.9 Å². The molecule has 0 bridgehead atoms. The Balaban J connectivity index is 1.02. The molecule has 0 radical (unpaired) electrons. The summed E-state index contributed by atoms with van der Waals surface area (Å²) in [4.78, 5) is 68.9. The van der Waals surface area contributed by atoms with Crippen LogP contribution in [0, 0.1) is 17.8 Å². The summed E-state index contributed by atoms with van der Waals surface area (Å²) < 4.78 is 16.7. The molecular weight excluding hydrogens is 731 g/mol. The van der Waals surface area contributed by atoms with E-state index in [0.29, 0.717) is 44.2 Å². The third-order valence-electron chi connectivity index (χ3n) is 11.4. The number of aliphatic carboxylic acids is 1. The molecule has 5 N–H and O–H groups in total. The van der Waals surface area contributed by atoms with E-state index < -0.39 is 35.9 Å². The minimum Gasteiger partial charge on any atom is -0.480 e. The molecule has 1 spiro atoms. The molecule has 2 aromatic carbocycles. The molecule has 15 nitrogen and oxygen atoms in total. The van der Waals surface area contributed by atoms with Crippen LogP contribution in [0.2, 0.25) is 0 Å². The number of carbonyl (C=O) groups is 4. The number of benzene rings is 2. The van der Waals surface area contributed by atoms with E-state index in [9.17, 15) is 24.3 Å². The normalized spacial score (nSPS) is 21.2. The molecule has 302 valence electrons. The zero-order valence-electron chi connectivity index (χ0n) is 32.9. The number of hydrogen-bond acceptors (Lipinski definition) is 9. The van der Waals surface area contributed by atoms with E-state index in [0.717, 1.165) is 46.5 Å². The number of alkyl carbamates (subject to hydrolysis) is 1. The summed E-state index contributed by atoms with van der Waals surface area (Å²) in [6.45, 7) is 8.78. The quantitative estimate of drug-likeness (QED) is 0.120. The molecule has 2 aromatic heterocycles. The number of aromatic nitrogens is 4. The van der Waals surface area contributed by atoms with Crippen molar-refractivity contribution < 1.29 is 38.5 Å². The predicted octanol–water partition coefficient (Wildman–Crippen LogP) is 5.64. The fourth-order valence-electron chi connectivity index (χ4n) is 8.31. The molecule has 5 atom stereocenters. The molecule has 3 fully saturated rings. The number of nitrogens with one attached hydrogen (secondary N) is 4. The zero-order chi connectivity index (χ0) is 40.4. The van der Waals surface area contributed by atoms with Gasteiger partial charge in [0, 0.05) is 25.3 Å². The minimum atomic E-state index is -1.07. The van der Waals surface area contributed by atoms with Crippen molar-refractivity contribution in [2.45, 2.75) is 83.2 Å². The van der Waals surface area contributed by atoms with Crippen LogP contribution >= 0.6 is 0 Å². The molecule has 4 heterocycles. The van der Waals surface area contributed by atoms with Gasteiger partial charge in [0.1, 0.15) is 23.7 Å². The van der Waals surface area contributed by atoms with Crippen molar-refractivity contribution in [1.29, 1.82) is 0 Å². The van der Waals surface area contributed by atoms with Gasteiger partial charge in [-0.15, -0.1) is 0 Å². The van der Waals surface area contributed by atoms with E-state index >= 15 is 0 Å². The van der Waals surface area contributed by atoms with Gasteiger partial charge in [0.25, 0.3) is 0 Å². The number of likely N-dealkylation sites (tertiary alicyclic amines) is 1. The molecule has 2 saturated heterocycles. The van der Waals surface area contributed by atoms with Gasteiger partial charge in [0.05, 0.1) is 56.1 Å². The summed E-state index contributed by atoms with van der Waals surface area (Å²) in [5.41, 5.74) is 5.58. The number of amides is 3. The highest BCUT2D eigenvalue weighted by atomic mass is 16.7. The number of carboxylic acids is 1. The minimum absolute atomic E-state index is 0.114. The SMILES string of the molecule is COC(=O)N[C@H](C(=O)N1CCC[C@H]1c1ncc(-c2ccc(-c3ccc(-c4cnc([C@@H]5CC6(C[C@@H]5C(=O)N[C@H](C(=O)O)C(C)C)OCCO6)[nH]4)cc3)cc2)[nH]1)C(C)C. The third-order valence-corrected chi connectivity index (χ3v) is 11.4. The molecule has 4 aromatic rings. The Bertz CT molecular complexity index is 2070. The number of hydrogen-bond donors (Lipinski definition) is 5. The summed E-state index contributed by atoms with van der Waals surface area (Å²) in [5, 5.41) is 15.1. The number of carbonyl (C=O) groups excluding carboxylic acids is 3. The Labute approximate surface area is 331 Å². The Morgan fingerprint density at radius 2 is 1.35 bits per heavy atom. The summed E-state index contributed by atoms with van der Waals surface area (Å²) in [7, 11) is 1.28. The second kappa shape index (κ2) is 16.5. The van der Waals surface area contributed by atoms with Crippen molar-refractivity contribution in [3.8, 4) is 33.6 Å². The van der Waals surface area contributed by atoms with Gasteiger partial charge < -0.3 is 44.8 Å². The van der Waals surface area contributed by atoms with Crippen LogP contribution in [0.5, 0.6) is 0 Å². The van der Waals surface area contributed by atoms with E-state index in [2.05, 4.69) is 42.7 Å². The molecule has 57 heavy (non-hydrogen) atoms. The maximum absolute atomic E-state index is 13.5. The molecular formula is C42H51N7O8. The molecule has 2 aliphatic heterocycles. The highest BCUT2D eigenvalue weighted by Gasteiger charge is 2.53. The summed E-state index contributed by atoms with van der Waals surface area (Å²) in [5.74, 6) is -2.46. The van der Waals surface area contributed by atoms with Gasteiger partial charge in [-0.25, -0.2) is 19.6 Å². The van der Waals surface area contributed by atoms with Crippen molar-refractivity contribution in [1.82, 2.24) is 35.5 Å². The predicted molar refractivity (Wildman–Crippen MR) is 209 cm³/mol. The van der Waals surface area contributed by atoms with Gasteiger partial charge in [-0.1, -0.05) is 76.2 Å². The van der Waals surface area contributed by atoms with Crippen LogP contribution in [0.15, 0.2) is 60.9 Å². The van der Waals surface area contributed by atoms with Gasteiger partial charge in [-0.3, -0.25) is 9.59 Å². The number of imidazole rings is 2. The summed E-state index contributed by atoms with van der Waals surface area (Å²) in [6, 6.07) is 14.4. The second-order valence-electron chi connectivity index (χ2n) is 15.9. The van der Waals surface area contributed by atoms with Crippen LogP contribution in [0.4, 0.5) is 4.79 Å². The van der Waals surface area contributed by atoms with Crippen molar-refractivity contribution in [2.75, 3.05) is 26.9 Å². The van der Waals surface area contributed by atoms with E-state index in [4.69, 9.17) is 14.2 Å². The first-order valence-electron chi connectivity index (χ1n) is 19.6. The largest absolute Gasteiger partial charge is 0.480 e. The maximum Gasteiger partial charge on any atom is 0.407 e. The van der Waals surface area contributed by atoms with Crippen molar-refractivity contribution >= 4 is 23.9 Å². The average molecular weight is 782 g/mol. The fourth-order valence-corrected chi connectivity index (χ4v) is 8.31. The molecule has 1 aliphatic carbocycles. The van der Waals surface area contributed by atoms with Crippen LogP contribution in [0.1, 0.15) is 77.0 Å². The van der Waals surface area contributed by atoms with E-state index in [1.807, 2.05) is 50.2 Å². The molecule has 1 saturated carbocycles. The fraction of sp³-hybridized carbons (Fsp3) is 0.476. The van der Waals surface area contributed by atoms with E-state index in [1.165, 1.54) is 7.11 Å². The smallest absolute Gasteiger partial charge is 0.407 e. The highest BCUT2D eigenvalue weighted by molar-refractivity contribution is 5.87. The monoisotopic (exact) mass is 781 g/mol. The number of aromatic amines is 2. The number of H-pyrrole nitrogens is 2. The van der Waals surface area contributed by atoms with Crippen molar-refractivity contribution in [2.24, 2.45) is 17.8 Å². The topological polar surface area (TPSA) is 201 Å². The lowest BCUT2D eigenvalue weighted by molar-refractivity contribution is -0.156. The lowest BCUT2D eigenvalue weighted by Gasteiger charge is -2.30.